The van der Waals surface area contributed by atoms with Gasteiger partial charge >= 0.3 is 0 Å². The van der Waals surface area contributed by atoms with Crippen LogP contribution in [0.5, 0.6) is 0 Å². The fourth-order valence-electron chi connectivity index (χ4n) is 1.99. The quantitative estimate of drug-likeness (QED) is 0.921. The van der Waals surface area contributed by atoms with E-state index in [1.54, 1.807) is 11.3 Å². The van der Waals surface area contributed by atoms with Crippen molar-refractivity contribution in [1.82, 2.24) is 4.98 Å². The number of benzene rings is 1. The number of hydrogen-bond donors (Lipinski definition) is 1. The summed E-state index contributed by atoms with van der Waals surface area (Å²) in [6.45, 7) is 6.06. The van der Waals surface area contributed by atoms with Crippen molar-refractivity contribution in [2.24, 2.45) is 0 Å². The molecule has 0 spiro atoms. The highest BCUT2D eigenvalue weighted by Crippen LogP contribution is 2.27. The minimum Gasteiger partial charge on any atom is -0.388 e. The van der Waals surface area contributed by atoms with E-state index in [-0.39, 0.29) is 0 Å². The van der Waals surface area contributed by atoms with Gasteiger partial charge in [0.15, 0.2) is 0 Å². The van der Waals surface area contributed by atoms with Crippen LogP contribution in [0.2, 0.25) is 0 Å². The van der Waals surface area contributed by atoms with Crippen LogP contribution in [0, 0.1) is 20.8 Å². The third-order valence-corrected chi connectivity index (χ3v) is 4.99. The number of aliphatic hydroxyl groups is 1. The van der Waals surface area contributed by atoms with Crippen molar-refractivity contribution in [3.63, 3.8) is 0 Å². The molecule has 0 saturated carbocycles. The normalized spacial score (nSPS) is 12.7. The van der Waals surface area contributed by atoms with Gasteiger partial charge in [-0.05, 0) is 37.5 Å². The van der Waals surface area contributed by atoms with Gasteiger partial charge in [-0.3, -0.25) is 0 Å². The minimum absolute atomic E-state index is 0.489. The second-order valence-electron chi connectivity index (χ2n) is 4.55. The first kappa shape index (κ1) is 13.7. The van der Waals surface area contributed by atoms with E-state index in [9.17, 15) is 5.11 Å². The van der Waals surface area contributed by atoms with Crippen molar-refractivity contribution in [3.05, 3.63) is 49.4 Å². The molecule has 0 aliphatic carbocycles. The number of aliphatic hydroxyl groups excluding tert-OH is 1. The Morgan fingerprint density at radius 1 is 1.28 bits per heavy atom. The van der Waals surface area contributed by atoms with Crippen LogP contribution in [0.1, 0.15) is 33.5 Å². The molecule has 0 radical (unpaired) electrons. The molecule has 0 amide bonds. The van der Waals surface area contributed by atoms with Crippen molar-refractivity contribution in [2.45, 2.75) is 33.3 Å². The molecule has 0 aliphatic rings. The standard InChI is InChI=1S/C14H16BrNOS/c1-8-4-11(5-9(2)14(8)15)13(17)6-12-7-18-10(3)16-12/h4-5,7,13,17H,6H2,1-3H3. The molecular formula is C14H16BrNOS. The Morgan fingerprint density at radius 2 is 1.89 bits per heavy atom. The summed E-state index contributed by atoms with van der Waals surface area (Å²) in [6.07, 6.45) is 0.0854. The van der Waals surface area contributed by atoms with Gasteiger partial charge < -0.3 is 5.11 Å². The Balaban J connectivity index is 2.21. The lowest BCUT2D eigenvalue weighted by atomic mass is 10.0. The summed E-state index contributed by atoms with van der Waals surface area (Å²) < 4.78 is 1.11. The van der Waals surface area contributed by atoms with Gasteiger partial charge in [-0.15, -0.1) is 11.3 Å². The zero-order chi connectivity index (χ0) is 13.3. The first-order valence-corrected chi connectivity index (χ1v) is 7.50. The minimum atomic E-state index is -0.489. The van der Waals surface area contributed by atoms with Gasteiger partial charge in [0.2, 0.25) is 0 Å². The molecule has 2 aromatic rings. The monoisotopic (exact) mass is 325 g/mol. The van der Waals surface area contributed by atoms with Crippen molar-refractivity contribution in [3.8, 4) is 0 Å². The van der Waals surface area contributed by atoms with E-state index >= 15 is 0 Å². The average Bonchev–Trinajstić information content (AvgIpc) is 2.71. The zero-order valence-corrected chi connectivity index (χ0v) is 13.1. The number of aromatic nitrogens is 1. The average molecular weight is 326 g/mol. The summed E-state index contributed by atoms with van der Waals surface area (Å²) in [5.74, 6) is 0. The molecule has 0 bridgehead atoms. The third-order valence-electron chi connectivity index (χ3n) is 2.91. The lowest BCUT2D eigenvalue weighted by molar-refractivity contribution is 0.177. The second-order valence-corrected chi connectivity index (χ2v) is 6.40. The van der Waals surface area contributed by atoms with Crippen LogP contribution in [0.15, 0.2) is 22.0 Å². The summed E-state index contributed by atoms with van der Waals surface area (Å²) in [5, 5.41) is 13.3. The molecule has 4 heteroatoms. The summed E-state index contributed by atoms with van der Waals surface area (Å²) >= 11 is 5.16. The van der Waals surface area contributed by atoms with Crippen LogP contribution in [-0.2, 0) is 6.42 Å². The molecule has 1 atom stereocenters. The van der Waals surface area contributed by atoms with Gasteiger partial charge in [0, 0.05) is 16.3 Å². The fourth-order valence-corrected chi connectivity index (χ4v) is 2.84. The molecule has 2 nitrogen and oxygen atoms in total. The number of hydrogen-bond acceptors (Lipinski definition) is 3. The number of rotatable bonds is 3. The SMILES string of the molecule is Cc1nc(CC(O)c2cc(C)c(Br)c(C)c2)cs1. The summed E-state index contributed by atoms with van der Waals surface area (Å²) in [7, 11) is 0. The van der Waals surface area contributed by atoms with E-state index in [0.29, 0.717) is 6.42 Å². The Morgan fingerprint density at radius 3 is 2.39 bits per heavy atom. The summed E-state index contributed by atoms with van der Waals surface area (Å²) in [4.78, 5) is 4.39. The van der Waals surface area contributed by atoms with Gasteiger partial charge in [-0.2, -0.15) is 0 Å². The van der Waals surface area contributed by atoms with Gasteiger partial charge in [-0.1, -0.05) is 28.1 Å². The Bertz CT molecular complexity index is 542. The molecule has 0 aliphatic heterocycles. The largest absolute Gasteiger partial charge is 0.388 e. The van der Waals surface area contributed by atoms with E-state index in [2.05, 4.69) is 20.9 Å². The van der Waals surface area contributed by atoms with Crippen LogP contribution >= 0.6 is 27.3 Å². The number of thiazole rings is 1. The van der Waals surface area contributed by atoms with Gasteiger partial charge in [0.05, 0.1) is 16.8 Å². The molecule has 0 fully saturated rings. The van der Waals surface area contributed by atoms with Crippen molar-refractivity contribution in [1.29, 1.82) is 0 Å². The molecule has 1 N–H and O–H groups in total. The molecule has 0 saturated heterocycles. The topological polar surface area (TPSA) is 33.1 Å². The summed E-state index contributed by atoms with van der Waals surface area (Å²) in [6, 6.07) is 4.06. The molecule has 1 unspecified atom stereocenters. The van der Waals surface area contributed by atoms with Crippen LogP contribution in [0.3, 0.4) is 0 Å². The predicted octanol–water partition coefficient (Wildman–Crippen LogP) is 4.11. The maximum Gasteiger partial charge on any atom is 0.0897 e. The zero-order valence-electron chi connectivity index (χ0n) is 10.7. The van der Waals surface area contributed by atoms with Crippen LogP contribution in [-0.4, -0.2) is 10.1 Å². The number of halogens is 1. The van der Waals surface area contributed by atoms with E-state index in [1.165, 1.54) is 0 Å². The lowest BCUT2D eigenvalue weighted by Gasteiger charge is -2.13. The predicted molar refractivity (Wildman–Crippen MR) is 79.1 cm³/mol. The number of nitrogens with zero attached hydrogens (tertiary/aromatic N) is 1. The molecule has 18 heavy (non-hydrogen) atoms. The van der Waals surface area contributed by atoms with Gasteiger partial charge in [0.25, 0.3) is 0 Å². The highest BCUT2D eigenvalue weighted by atomic mass is 79.9. The molecule has 2 rings (SSSR count). The molecule has 1 aromatic heterocycles. The lowest BCUT2D eigenvalue weighted by Crippen LogP contribution is -2.03. The molecular weight excluding hydrogens is 310 g/mol. The van der Waals surface area contributed by atoms with E-state index < -0.39 is 6.10 Å². The Labute approximate surface area is 120 Å². The van der Waals surface area contributed by atoms with Gasteiger partial charge in [-0.25, -0.2) is 4.98 Å². The van der Waals surface area contributed by atoms with Crippen molar-refractivity contribution >= 4 is 27.3 Å². The Hall–Kier alpha value is -0.710. The Kier molecular flexibility index (Phi) is 4.20. The van der Waals surface area contributed by atoms with Crippen LogP contribution in [0.25, 0.3) is 0 Å². The van der Waals surface area contributed by atoms with Crippen molar-refractivity contribution < 1.29 is 5.11 Å². The smallest absolute Gasteiger partial charge is 0.0897 e. The second kappa shape index (κ2) is 5.51. The maximum absolute atomic E-state index is 10.3. The van der Waals surface area contributed by atoms with Crippen molar-refractivity contribution in [2.75, 3.05) is 0 Å². The molecule has 1 aromatic carbocycles. The summed E-state index contributed by atoms with van der Waals surface area (Å²) in [5.41, 5.74) is 4.22. The maximum atomic E-state index is 10.3. The van der Waals surface area contributed by atoms with Gasteiger partial charge in [0.1, 0.15) is 0 Å². The van der Waals surface area contributed by atoms with E-state index in [4.69, 9.17) is 0 Å². The number of aryl methyl sites for hydroxylation is 3. The first-order chi connectivity index (χ1) is 8.47. The highest BCUT2D eigenvalue weighted by Gasteiger charge is 2.13. The van der Waals surface area contributed by atoms with E-state index in [0.717, 1.165) is 31.9 Å². The fraction of sp³-hybridized carbons (Fsp3) is 0.357. The van der Waals surface area contributed by atoms with Crippen LogP contribution < -0.4 is 0 Å². The molecule has 1 heterocycles. The first-order valence-electron chi connectivity index (χ1n) is 5.83. The third kappa shape index (κ3) is 2.99. The van der Waals surface area contributed by atoms with Crippen LogP contribution in [0.4, 0.5) is 0 Å². The molecule has 96 valence electrons. The highest BCUT2D eigenvalue weighted by molar-refractivity contribution is 9.10. The van der Waals surface area contributed by atoms with E-state index in [1.807, 2.05) is 38.3 Å².